The Morgan fingerprint density at radius 3 is 2.82 bits per heavy atom. The maximum absolute atomic E-state index is 12.1. The minimum Gasteiger partial charge on any atom is -0.482 e. The Hall–Kier alpha value is -2.23. The lowest BCUT2D eigenvalue weighted by Crippen LogP contribution is -2.40. The first-order valence-electron chi connectivity index (χ1n) is 9.11. The minimum absolute atomic E-state index is 0.0872. The van der Waals surface area contributed by atoms with Crippen molar-refractivity contribution in [2.24, 2.45) is 0 Å². The van der Waals surface area contributed by atoms with E-state index in [0.29, 0.717) is 49.7 Å². The zero-order valence-corrected chi connectivity index (χ0v) is 16.1. The summed E-state index contributed by atoms with van der Waals surface area (Å²) in [4.78, 5) is 15.2. The second-order valence-corrected chi connectivity index (χ2v) is 8.82. The highest BCUT2D eigenvalue weighted by Crippen LogP contribution is 2.55. The van der Waals surface area contributed by atoms with Gasteiger partial charge >= 0.3 is 0 Å². The number of carbonyl (C=O) groups excluding carboxylic acids is 1. The number of aliphatic hydroxyl groups excluding tert-OH is 1. The van der Waals surface area contributed by atoms with Gasteiger partial charge in [0.15, 0.2) is 12.8 Å². The maximum Gasteiger partial charge on any atom is 0.265 e. The van der Waals surface area contributed by atoms with Crippen LogP contribution in [0.15, 0.2) is 18.2 Å². The summed E-state index contributed by atoms with van der Waals surface area (Å²) in [6, 6.07) is 5.03. The van der Waals surface area contributed by atoms with Gasteiger partial charge in [0.1, 0.15) is 5.75 Å². The molecular formula is C17H23N5O5S. The predicted molar refractivity (Wildman–Crippen MR) is 104 cm³/mol. The smallest absolute Gasteiger partial charge is 0.265 e. The third-order valence-electron chi connectivity index (χ3n) is 5.34. The molecule has 10 nitrogen and oxygen atoms in total. The Morgan fingerprint density at radius 1 is 1.29 bits per heavy atom. The van der Waals surface area contributed by atoms with Crippen LogP contribution in [0.25, 0.3) is 0 Å². The number of β-amino-alcohol motifs (C(OH)–C–C–N with tert-alkyl or cyclic N) is 1. The van der Waals surface area contributed by atoms with Crippen LogP contribution in [0.3, 0.4) is 0 Å². The number of hydrogen-bond acceptors (Lipinski definition) is 9. The van der Waals surface area contributed by atoms with E-state index in [1.807, 2.05) is 0 Å². The highest BCUT2D eigenvalue weighted by molar-refractivity contribution is 8.23. The lowest BCUT2D eigenvalue weighted by Gasteiger charge is -2.45. The molecule has 3 heterocycles. The monoisotopic (exact) mass is 409 g/mol. The van der Waals surface area contributed by atoms with Crippen molar-refractivity contribution in [1.29, 1.82) is 5.26 Å². The zero-order chi connectivity index (χ0) is 19.9. The summed E-state index contributed by atoms with van der Waals surface area (Å²) < 4.78 is 30.6. The number of nitrogens with zero attached hydrogens (tertiary/aromatic N) is 5. The van der Waals surface area contributed by atoms with Crippen LogP contribution in [0, 0.1) is 11.5 Å². The topological polar surface area (TPSA) is 124 Å². The first-order valence-corrected chi connectivity index (χ1v) is 10.6. The second-order valence-electron chi connectivity index (χ2n) is 6.93. The highest BCUT2D eigenvalue weighted by Gasteiger charge is 2.43. The molecule has 2 saturated heterocycles. The first kappa shape index (κ1) is 19.1. The Kier molecular flexibility index (Phi) is 4.98. The van der Waals surface area contributed by atoms with E-state index in [1.54, 1.807) is 31.7 Å². The normalized spacial score (nSPS) is 25.4. The molecule has 3 aliphatic rings. The summed E-state index contributed by atoms with van der Waals surface area (Å²) in [5.74, 6) is 0.265. The number of rotatable bonds is 4. The Bertz CT molecular complexity index is 816. The Labute approximate surface area is 164 Å². The summed E-state index contributed by atoms with van der Waals surface area (Å²) in [6.07, 6.45) is 2.81. The van der Waals surface area contributed by atoms with Crippen LogP contribution >= 0.6 is 11.0 Å². The molecule has 1 amide bonds. The zero-order valence-electron chi connectivity index (χ0n) is 15.3. The van der Waals surface area contributed by atoms with Crippen LogP contribution in [0.2, 0.25) is 0 Å². The van der Waals surface area contributed by atoms with Crippen molar-refractivity contribution in [1.82, 2.24) is 9.21 Å². The van der Waals surface area contributed by atoms with E-state index in [4.69, 9.17) is 10.00 Å². The van der Waals surface area contributed by atoms with Crippen molar-refractivity contribution in [3.05, 3.63) is 18.2 Å². The Morgan fingerprint density at radius 2 is 2.11 bits per heavy atom. The summed E-state index contributed by atoms with van der Waals surface area (Å²) in [5, 5.41) is 18.3. The predicted octanol–water partition coefficient (Wildman–Crippen LogP) is 0.662. The molecule has 1 aromatic carbocycles. The maximum atomic E-state index is 12.1. The van der Waals surface area contributed by atoms with Crippen molar-refractivity contribution in [2.45, 2.75) is 12.5 Å². The molecule has 152 valence electrons. The molecule has 3 N–H and O–H groups in total. The number of nitriles is 1. The molecule has 0 saturated carbocycles. The lowest BCUT2D eigenvalue weighted by molar-refractivity contribution is -0.121. The molecule has 1 unspecified atom stereocenters. The van der Waals surface area contributed by atoms with Crippen molar-refractivity contribution in [2.75, 3.05) is 55.1 Å². The molecule has 0 aromatic heterocycles. The number of benzene rings is 1. The van der Waals surface area contributed by atoms with E-state index in [2.05, 4.69) is 6.19 Å². The molecule has 0 spiro atoms. The van der Waals surface area contributed by atoms with E-state index < -0.39 is 11.0 Å². The molecule has 1 aromatic rings. The average molecular weight is 409 g/mol. The number of fused-ring (bicyclic) bond motifs is 1. The van der Waals surface area contributed by atoms with Gasteiger partial charge < -0.3 is 19.6 Å². The van der Waals surface area contributed by atoms with Gasteiger partial charge in [0.2, 0.25) is 0 Å². The fourth-order valence-corrected chi connectivity index (χ4v) is 5.85. The van der Waals surface area contributed by atoms with Crippen LogP contribution in [-0.2, 0) is 4.79 Å². The van der Waals surface area contributed by atoms with Crippen LogP contribution in [0.5, 0.6) is 5.75 Å². The molecule has 11 heteroatoms. The van der Waals surface area contributed by atoms with Gasteiger partial charge in [-0.15, -0.1) is 0 Å². The number of amides is 1. The molecule has 0 bridgehead atoms. The van der Waals surface area contributed by atoms with Gasteiger partial charge in [-0.1, -0.05) is 11.0 Å². The fourth-order valence-electron chi connectivity index (χ4n) is 3.97. The number of aliphatic hydroxyl groups is 1. The molecule has 28 heavy (non-hydrogen) atoms. The minimum atomic E-state index is -3.23. The van der Waals surface area contributed by atoms with Crippen molar-refractivity contribution >= 4 is 28.2 Å². The van der Waals surface area contributed by atoms with E-state index in [0.717, 1.165) is 0 Å². The van der Waals surface area contributed by atoms with Gasteiger partial charge in [-0.2, -0.15) is 9.57 Å². The lowest BCUT2D eigenvalue weighted by atomic mass is 10.2. The van der Waals surface area contributed by atoms with Crippen molar-refractivity contribution in [3.63, 3.8) is 0 Å². The number of hydrogen-bond donors (Lipinski definition) is 3. The molecule has 2 fully saturated rings. The first-order chi connectivity index (χ1) is 13.5. The number of anilines is 2. The molecule has 4 rings (SSSR count). The van der Waals surface area contributed by atoms with Gasteiger partial charge in [0, 0.05) is 26.2 Å². The summed E-state index contributed by atoms with van der Waals surface area (Å²) >= 11 is 0. The van der Waals surface area contributed by atoms with Crippen molar-refractivity contribution < 1.29 is 23.7 Å². The quantitative estimate of drug-likeness (QED) is 0.615. The van der Waals surface area contributed by atoms with Gasteiger partial charge in [-0.05, 0) is 24.6 Å². The van der Waals surface area contributed by atoms with E-state index >= 15 is 0 Å². The van der Waals surface area contributed by atoms with Gasteiger partial charge in [-0.3, -0.25) is 18.2 Å². The van der Waals surface area contributed by atoms with E-state index in [9.17, 15) is 19.0 Å². The summed E-state index contributed by atoms with van der Waals surface area (Å²) in [5.41, 5.74) is 1.07. The largest absolute Gasteiger partial charge is 0.482 e. The molecule has 1 atom stereocenters. The van der Waals surface area contributed by atoms with Gasteiger partial charge in [-0.25, -0.2) is 0 Å². The summed E-state index contributed by atoms with van der Waals surface area (Å²) in [6.45, 7) is 1.86. The number of likely N-dealkylation sites (tertiary alicyclic amines) is 1. The van der Waals surface area contributed by atoms with Crippen molar-refractivity contribution in [3.8, 4) is 11.9 Å². The standard InChI is InChI=1S/C17H23N5O5S/c18-12-19-4-3-14(10-19)22-6-5-21(28(22,25)26)13-1-2-16-15(9-13)20(7-8-23)17(24)11-27-16/h1-2,9,14,23,25-26H,3-8,10-11H2. The van der Waals surface area contributed by atoms with E-state index in [1.165, 1.54) is 4.90 Å². The third kappa shape index (κ3) is 3.13. The SMILES string of the molecule is N#CN1CCC(N2CCN(c3ccc4c(c3)N(CCO)C(=O)CO4)S2(O)O)C1. The Balaban J connectivity index is 1.60. The molecule has 0 aliphatic carbocycles. The number of ether oxygens (including phenoxy) is 1. The van der Waals surface area contributed by atoms with Gasteiger partial charge in [0.25, 0.3) is 5.91 Å². The molecule has 0 radical (unpaired) electrons. The highest BCUT2D eigenvalue weighted by atomic mass is 32.3. The van der Waals surface area contributed by atoms with Crippen LogP contribution < -0.4 is 13.9 Å². The van der Waals surface area contributed by atoms with Gasteiger partial charge in [0.05, 0.1) is 30.6 Å². The fraction of sp³-hybridized carbons (Fsp3) is 0.529. The third-order valence-corrected chi connectivity index (χ3v) is 7.44. The molecular weight excluding hydrogens is 386 g/mol. The van der Waals surface area contributed by atoms with E-state index in [-0.39, 0.29) is 31.7 Å². The number of carbonyl (C=O) groups is 1. The second kappa shape index (κ2) is 7.31. The summed E-state index contributed by atoms with van der Waals surface area (Å²) in [7, 11) is -3.23. The van der Waals surface area contributed by atoms with Crippen LogP contribution in [0.4, 0.5) is 11.4 Å². The molecule has 3 aliphatic heterocycles. The average Bonchev–Trinajstić information content (AvgIpc) is 3.27. The van der Waals surface area contributed by atoms with Crippen LogP contribution in [0.1, 0.15) is 6.42 Å². The van der Waals surface area contributed by atoms with Crippen LogP contribution in [-0.4, -0.2) is 81.3 Å².